The zero-order chi connectivity index (χ0) is 15.9. The number of thiocarbonyl (C=S) groups is 1. The van der Waals surface area contributed by atoms with E-state index in [0.717, 1.165) is 5.56 Å². The second-order valence-electron chi connectivity index (χ2n) is 5.35. The van der Waals surface area contributed by atoms with E-state index in [1.807, 2.05) is 24.4 Å². The molecule has 114 valence electrons. The van der Waals surface area contributed by atoms with Gasteiger partial charge in [-0.25, -0.2) is 0 Å². The summed E-state index contributed by atoms with van der Waals surface area (Å²) < 4.78 is 0. The molecule has 0 aliphatic heterocycles. The Labute approximate surface area is 137 Å². The summed E-state index contributed by atoms with van der Waals surface area (Å²) in [6, 6.07) is 14.4. The monoisotopic (exact) mass is 311 g/mol. The molecule has 3 nitrogen and oxygen atoms in total. The summed E-state index contributed by atoms with van der Waals surface area (Å²) in [4.78, 5) is 0. The number of nitrogens with zero attached hydrogens (tertiary/aromatic N) is 1. The Morgan fingerprint density at radius 3 is 2.36 bits per heavy atom. The summed E-state index contributed by atoms with van der Waals surface area (Å²) in [5, 5.41) is 7.87. The Kier molecular flexibility index (Phi) is 5.67. The lowest BCUT2D eigenvalue weighted by molar-refractivity contribution is 0.868. The van der Waals surface area contributed by atoms with E-state index in [4.69, 9.17) is 12.2 Å². The first kappa shape index (κ1) is 16.2. The van der Waals surface area contributed by atoms with Gasteiger partial charge in [-0.2, -0.15) is 5.10 Å². The van der Waals surface area contributed by atoms with E-state index in [1.165, 1.54) is 22.3 Å². The largest absolute Gasteiger partial charge is 0.357 e. The summed E-state index contributed by atoms with van der Waals surface area (Å²) in [6.45, 7) is 6.97. The van der Waals surface area contributed by atoms with Gasteiger partial charge >= 0.3 is 0 Å². The van der Waals surface area contributed by atoms with Crippen LogP contribution in [0.15, 0.2) is 47.6 Å². The van der Waals surface area contributed by atoms with Gasteiger partial charge < -0.3 is 5.32 Å². The van der Waals surface area contributed by atoms with Crippen molar-refractivity contribution in [3.05, 3.63) is 70.3 Å². The molecule has 0 atom stereocenters. The van der Waals surface area contributed by atoms with E-state index in [-0.39, 0.29) is 0 Å². The van der Waals surface area contributed by atoms with Crippen LogP contribution in [0.25, 0.3) is 0 Å². The summed E-state index contributed by atoms with van der Waals surface area (Å²) in [5.41, 5.74) is 8.86. The van der Waals surface area contributed by atoms with Crippen molar-refractivity contribution in [3.63, 3.8) is 0 Å². The zero-order valence-corrected chi connectivity index (χ0v) is 14.0. The van der Waals surface area contributed by atoms with Crippen molar-refractivity contribution < 1.29 is 0 Å². The molecule has 0 bridgehead atoms. The van der Waals surface area contributed by atoms with Crippen LogP contribution in [0.4, 0.5) is 0 Å². The molecular weight excluding hydrogens is 290 g/mol. The fourth-order valence-corrected chi connectivity index (χ4v) is 2.49. The molecule has 2 aromatic rings. The highest BCUT2D eigenvalue weighted by molar-refractivity contribution is 7.80. The van der Waals surface area contributed by atoms with Crippen molar-refractivity contribution in [2.45, 2.75) is 27.3 Å². The second-order valence-corrected chi connectivity index (χ2v) is 5.76. The molecular formula is C18H21N3S. The molecule has 0 unspecified atom stereocenters. The van der Waals surface area contributed by atoms with Gasteiger partial charge in [-0.1, -0.05) is 48.0 Å². The lowest BCUT2D eigenvalue weighted by Gasteiger charge is -2.08. The van der Waals surface area contributed by atoms with Gasteiger partial charge in [-0.3, -0.25) is 5.43 Å². The van der Waals surface area contributed by atoms with Crippen molar-refractivity contribution in [1.82, 2.24) is 10.7 Å². The smallest absolute Gasteiger partial charge is 0.187 e. The molecule has 4 heteroatoms. The lowest BCUT2D eigenvalue weighted by Crippen LogP contribution is -2.31. The van der Waals surface area contributed by atoms with Crippen LogP contribution in [-0.4, -0.2) is 11.3 Å². The van der Waals surface area contributed by atoms with Gasteiger partial charge in [0.15, 0.2) is 5.11 Å². The van der Waals surface area contributed by atoms with Gasteiger partial charge in [0.05, 0.1) is 6.21 Å². The summed E-state index contributed by atoms with van der Waals surface area (Å²) in [5.74, 6) is 0. The van der Waals surface area contributed by atoms with Crippen molar-refractivity contribution in [3.8, 4) is 0 Å². The van der Waals surface area contributed by atoms with E-state index < -0.39 is 0 Å². The fraction of sp³-hybridized carbons (Fsp3) is 0.222. The molecule has 2 N–H and O–H groups in total. The third-order valence-corrected chi connectivity index (χ3v) is 3.63. The minimum atomic E-state index is 0.516. The highest BCUT2D eigenvalue weighted by Crippen LogP contribution is 2.13. The van der Waals surface area contributed by atoms with E-state index in [0.29, 0.717) is 11.7 Å². The van der Waals surface area contributed by atoms with Gasteiger partial charge in [0, 0.05) is 12.1 Å². The summed E-state index contributed by atoms with van der Waals surface area (Å²) in [6.07, 6.45) is 1.82. The molecule has 0 saturated heterocycles. The summed E-state index contributed by atoms with van der Waals surface area (Å²) >= 11 is 5.22. The minimum Gasteiger partial charge on any atom is -0.357 e. The average Bonchev–Trinajstić information content (AvgIpc) is 2.49. The topological polar surface area (TPSA) is 36.4 Å². The predicted molar refractivity (Wildman–Crippen MR) is 97.3 cm³/mol. The van der Waals surface area contributed by atoms with Crippen LogP contribution in [0, 0.1) is 20.8 Å². The van der Waals surface area contributed by atoms with Gasteiger partial charge in [-0.05, 0) is 49.7 Å². The maximum absolute atomic E-state index is 5.22. The Hall–Kier alpha value is -2.20. The minimum absolute atomic E-state index is 0.516. The van der Waals surface area contributed by atoms with Crippen LogP contribution >= 0.6 is 12.2 Å². The Morgan fingerprint density at radius 2 is 1.73 bits per heavy atom. The van der Waals surface area contributed by atoms with E-state index >= 15 is 0 Å². The van der Waals surface area contributed by atoms with Crippen LogP contribution in [0.2, 0.25) is 0 Å². The molecule has 0 amide bonds. The fourth-order valence-electron chi connectivity index (χ4n) is 2.37. The predicted octanol–water partition coefficient (Wildman–Crippen LogP) is 3.61. The van der Waals surface area contributed by atoms with Crippen LogP contribution in [0.5, 0.6) is 0 Å². The van der Waals surface area contributed by atoms with Crippen LogP contribution in [-0.2, 0) is 6.54 Å². The third kappa shape index (κ3) is 4.67. The standard InChI is InChI=1S/C18H21N3S/c1-13-9-14(2)17(15(3)10-13)12-20-21-18(22)19-11-16-7-5-4-6-8-16/h4-10,12H,11H2,1-3H3,(H2,19,21,22)/b20-12-. The quantitative estimate of drug-likeness (QED) is 0.514. The van der Waals surface area contributed by atoms with Crippen molar-refractivity contribution in [2.24, 2.45) is 5.10 Å². The Morgan fingerprint density at radius 1 is 1.09 bits per heavy atom. The molecule has 0 saturated carbocycles. The maximum Gasteiger partial charge on any atom is 0.187 e. The first-order valence-electron chi connectivity index (χ1n) is 7.25. The first-order chi connectivity index (χ1) is 10.6. The van der Waals surface area contributed by atoms with E-state index in [1.54, 1.807) is 0 Å². The number of aryl methyl sites for hydroxylation is 3. The SMILES string of the molecule is Cc1cc(C)c(/C=N\NC(=S)NCc2ccccc2)c(C)c1. The molecule has 0 radical (unpaired) electrons. The molecule has 2 aromatic carbocycles. The van der Waals surface area contributed by atoms with Gasteiger partial charge in [0.25, 0.3) is 0 Å². The third-order valence-electron chi connectivity index (χ3n) is 3.39. The number of hydrogen-bond donors (Lipinski definition) is 2. The highest BCUT2D eigenvalue weighted by Gasteiger charge is 2.01. The normalized spacial score (nSPS) is 10.7. The number of benzene rings is 2. The highest BCUT2D eigenvalue weighted by atomic mass is 32.1. The van der Waals surface area contributed by atoms with Crippen molar-refractivity contribution in [1.29, 1.82) is 0 Å². The van der Waals surface area contributed by atoms with Crippen LogP contribution in [0.1, 0.15) is 27.8 Å². The molecule has 0 aromatic heterocycles. The summed E-state index contributed by atoms with van der Waals surface area (Å²) in [7, 11) is 0. The lowest BCUT2D eigenvalue weighted by atomic mass is 10.0. The number of hydrogen-bond acceptors (Lipinski definition) is 2. The van der Waals surface area contributed by atoms with E-state index in [9.17, 15) is 0 Å². The Bertz CT molecular complexity index is 655. The molecule has 0 aliphatic carbocycles. The zero-order valence-electron chi connectivity index (χ0n) is 13.2. The molecule has 0 heterocycles. The van der Waals surface area contributed by atoms with Gasteiger partial charge in [0.1, 0.15) is 0 Å². The van der Waals surface area contributed by atoms with Gasteiger partial charge in [0.2, 0.25) is 0 Å². The maximum atomic E-state index is 5.22. The first-order valence-corrected chi connectivity index (χ1v) is 7.66. The van der Waals surface area contributed by atoms with Crippen LogP contribution in [0.3, 0.4) is 0 Å². The average molecular weight is 311 g/mol. The molecule has 22 heavy (non-hydrogen) atoms. The number of nitrogens with one attached hydrogen (secondary N) is 2. The van der Waals surface area contributed by atoms with Gasteiger partial charge in [-0.15, -0.1) is 0 Å². The number of hydrazone groups is 1. The second kappa shape index (κ2) is 7.71. The number of rotatable bonds is 4. The van der Waals surface area contributed by atoms with Crippen molar-refractivity contribution >= 4 is 23.5 Å². The molecule has 0 aliphatic rings. The molecule has 2 rings (SSSR count). The molecule has 0 fully saturated rings. The Balaban J connectivity index is 1.88. The molecule has 0 spiro atoms. The van der Waals surface area contributed by atoms with Crippen molar-refractivity contribution in [2.75, 3.05) is 0 Å². The van der Waals surface area contributed by atoms with Crippen LogP contribution < -0.4 is 10.7 Å². The van der Waals surface area contributed by atoms with E-state index in [2.05, 4.69) is 60.9 Å².